The van der Waals surface area contributed by atoms with Crippen molar-refractivity contribution in [1.82, 2.24) is 15.1 Å². The van der Waals surface area contributed by atoms with Gasteiger partial charge in [0.2, 0.25) is 11.8 Å². The predicted molar refractivity (Wildman–Crippen MR) is 89.9 cm³/mol. The van der Waals surface area contributed by atoms with Gasteiger partial charge in [-0.2, -0.15) is 0 Å². The summed E-state index contributed by atoms with van der Waals surface area (Å²) in [5.41, 5.74) is 0. The van der Waals surface area contributed by atoms with Crippen LogP contribution < -0.4 is 5.32 Å². The van der Waals surface area contributed by atoms with Crippen molar-refractivity contribution < 1.29 is 9.59 Å². The first-order chi connectivity index (χ1) is 11.2. The summed E-state index contributed by atoms with van der Waals surface area (Å²) in [5, 5.41) is 3.11. The van der Waals surface area contributed by atoms with Gasteiger partial charge in [-0.05, 0) is 38.0 Å². The zero-order chi connectivity index (χ0) is 16.2. The lowest BCUT2D eigenvalue weighted by Crippen LogP contribution is -2.58. The summed E-state index contributed by atoms with van der Waals surface area (Å²) in [7, 11) is 0. The number of rotatable bonds is 6. The summed E-state index contributed by atoms with van der Waals surface area (Å²) in [6, 6.07) is 0.0160. The molecule has 130 valence electrons. The number of nitrogens with zero attached hydrogens (tertiary/aromatic N) is 2. The van der Waals surface area contributed by atoms with Crippen LogP contribution in [0.2, 0.25) is 0 Å². The van der Waals surface area contributed by atoms with E-state index in [9.17, 15) is 9.59 Å². The van der Waals surface area contributed by atoms with E-state index in [0.717, 1.165) is 52.0 Å². The van der Waals surface area contributed by atoms with Crippen molar-refractivity contribution >= 4 is 11.8 Å². The molecule has 1 N–H and O–H groups in total. The Balaban J connectivity index is 1.58. The van der Waals surface area contributed by atoms with Crippen LogP contribution in [0.15, 0.2) is 0 Å². The van der Waals surface area contributed by atoms with Gasteiger partial charge in [0, 0.05) is 38.6 Å². The van der Waals surface area contributed by atoms with Crippen LogP contribution in [0.3, 0.4) is 0 Å². The molecule has 3 fully saturated rings. The molecule has 0 spiro atoms. The van der Waals surface area contributed by atoms with Gasteiger partial charge in [0.25, 0.3) is 0 Å². The Bertz CT molecular complexity index is 422. The van der Waals surface area contributed by atoms with Gasteiger partial charge in [0.15, 0.2) is 0 Å². The Hall–Kier alpha value is -1.10. The van der Waals surface area contributed by atoms with Gasteiger partial charge in [-0.3, -0.25) is 14.5 Å². The number of carbonyl (C=O) groups excluding carboxylic acids is 2. The van der Waals surface area contributed by atoms with Crippen LogP contribution in [0.1, 0.15) is 51.9 Å². The Morgan fingerprint density at radius 3 is 2.26 bits per heavy atom. The highest BCUT2D eigenvalue weighted by Crippen LogP contribution is 2.33. The average Bonchev–Trinajstić information content (AvgIpc) is 3.30. The zero-order valence-electron chi connectivity index (χ0n) is 14.4. The molecule has 0 aromatic rings. The number of amides is 2. The van der Waals surface area contributed by atoms with E-state index in [2.05, 4.69) is 17.1 Å². The zero-order valence-corrected chi connectivity index (χ0v) is 14.4. The smallest absolute Gasteiger partial charge is 0.237 e. The highest BCUT2D eigenvalue weighted by atomic mass is 16.2. The van der Waals surface area contributed by atoms with Crippen molar-refractivity contribution in [2.24, 2.45) is 11.8 Å². The molecule has 0 unspecified atom stereocenters. The van der Waals surface area contributed by atoms with E-state index in [4.69, 9.17) is 0 Å². The quantitative estimate of drug-likeness (QED) is 0.809. The molecule has 1 heterocycles. The molecular formula is C18H31N3O2. The van der Waals surface area contributed by atoms with Gasteiger partial charge in [-0.25, -0.2) is 0 Å². The van der Waals surface area contributed by atoms with Crippen molar-refractivity contribution in [2.45, 2.75) is 57.9 Å². The third-order valence-corrected chi connectivity index (χ3v) is 5.61. The third-order valence-electron chi connectivity index (χ3n) is 5.61. The van der Waals surface area contributed by atoms with Gasteiger partial charge in [-0.15, -0.1) is 0 Å². The van der Waals surface area contributed by atoms with E-state index >= 15 is 0 Å². The number of piperazine rings is 1. The molecule has 2 aliphatic carbocycles. The monoisotopic (exact) mass is 321 g/mol. The summed E-state index contributed by atoms with van der Waals surface area (Å²) in [6.07, 6.45) is 7.97. The Kier molecular flexibility index (Phi) is 5.57. The van der Waals surface area contributed by atoms with Crippen LogP contribution in [0, 0.1) is 11.8 Å². The second-order valence-corrected chi connectivity index (χ2v) is 7.42. The molecule has 3 rings (SSSR count). The van der Waals surface area contributed by atoms with Crippen molar-refractivity contribution in [1.29, 1.82) is 0 Å². The second-order valence-electron chi connectivity index (χ2n) is 7.42. The third kappa shape index (κ3) is 4.06. The second kappa shape index (κ2) is 7.65. The largest absolute Gasteiger partial charge is 0.355 e. The molecule has 1 saturated heterocycles. The number of carbonyl (C=O) groups is 2. The lowest BCUT2D eigenvalue weighted by atomic mass is 9.95. The fourth-order valence-electron chi connectivity index (χ4n) is 4.11. The minimum Gasteiger partial charge on any atom is -0.355 e. The average molecular weight is 321 g/mol. The van der Waals surface area contributed by atoms with Crippen LogP contribution in [0.5, 0.6) is 0 Å². The molecule has 0 aromatic heterocycles. The van der Waals surface area contributed by atoms with E-state index in [0.29, 0.717) is 17.7 Å². The maximum absolute atomic E-state index is 12.7. The van der Waals surface area contributed by atoms with Crippen LogP contribution >= 0.6 is 0 Å². The van der Waals surface area contributed by atoms with Gasteiger partial charge in [0.05, 0.1) is 6.04 Å². The van der Waals surface area contributed by atoms with Gasteiger partial charge in [0.1, 0.15) is 0 Å². The van der Waals surface area contributed by atoms with Gasteiger partial charge >= 0.3 is 0 Å². The molecule has 0 aromatic carbocycles. The molecule has 1 atom stereocenters. The maximum Gasteiger partial charge on any atom is 0.237 e. The molecule has 0 bridgehead atoms. The van der Waals surface area contributed by atoms with E-state index in [1.807, 2.05) is 4.90 Å². The first kappa shape index (κ1) is 16.7. The summed E-state index contributed by atoms with van der Waals surface area (Å²) in [5.74, 6) is 1.36. The standard InChI is InChI=1S/C18H31N3O2/c1-2-9-19-17(22)16(14-5-3-4-6-14)20-10-12-21(13-11-20)18(23)15-7-8-15/h14-16H,2-13H2,1H3,(H,19,22)/t16-/m1/s1. The molecule has 23 heavy (non-hydrogen) atoms. The van der Waals surface area contributed by atoms with Crippen molar-refractivity contribution in [3.63, 3.8) is 0 Å². The van der Waals surface area contributed by atoms with Crippen LogP contribution in [0.25, 0.3) is 0 Å². The number of hydrogen-bond donors (Lipinski definition) is 1. The van der Waals surface area contributed by atoms with Crippen LogP contribution in [-0.4, -0.2) is 60.4 Å². The number of hydrogen-bond acceptors (Lipinski definition) is 3. The first-order valence-electron chi connectivity index (χ1n) is 9.51. The van der Waals surface area contributed by atoms with E-state index in [-0.39, 0.29) is 11.9 Å². The summed E-state index contributed by atoms with van der Waals surface area (Å²) in [4.78, 5) is 29.2. The SMILES string of the molecule is CCCNC(=O)[C@@H](C1CCCC1)N1CCN(C(=O)C2CC2)CC1. The van der Waals surface area contributed by atoms with Crippen LogP contribution in [-0.2, 0) is 9.59 Å². The summed E-state index contributed by atoms with van der Waals surface area (Å²) >= 11 is 0. The fraction of sp³-hybridized carbons (Fsp3) is 0.889. The van der Waals surface area contributed by atoms with Crippen molar-refractivity contribution in [3.8, 4) is 0 Å². The van der Waals surface area contributed by atoms with Crippen molar-refractivity contribution in [3.05, 3.63) is 0 Å². The molecule has 2 amide bonds. The predicted octanol–water partition coefficient (Wildman–Crippen LogP) is 1.63. The Morgan fingerprint density at radius 1 is 1.04 bits per heavy atom. The summed E-state index contributed by atoms with van der Waals surface area (Å²) < 4.78 is 0. The van der Waals surface area contributed by atoms with Crippen LogP contribution in [0.4, 0.5) is 0 Å². The maximum atomic E-state index is 12.7. The molecular weight excluding hydrogens is 290 g/mol. The highest BCUT2D eigenvalue weighted by molar-refractivity contribution is 5.82. The van der Waals surface area contributed by atoms with Crippen molar-refractivity contribution in [2.75, 3.05) is 32.7 Å². The van der Waals surface area contributed by atoms with Gasteiger partial charge in [-0.1, -0.05) is 19.8 Å². The molecule has 3 aliphatic rings. The first-order valence-corrected chi connectivity index (χ1v) is 9.51. The molecule has 1 aliphatic heterocycles. The molecule has 5 heteroatoms. The molecule has 0 radical (unpaired) electrons. The van der Waals surface area contributed by atoms with E-state index in [1.54, 1.807) is 0 Å². The summed E-state index contributed by atoms with van der Waals surface area (Å²) in [6.45, 7) is 6.13. The minimum atomic E-state index is 0.0160. The normalized spacial score (nSPS) is 24.7. The van der Waals surface area contributed by atoms with E-state index < -0.39 is 0 Å². The van der Waals surface area contributed by atoms with Gasteiger partial charge < -0.3 is 10.2 Å². The fourth-order valence-corrected chi connectivity index (χ4v) is 4.11. The molecule has 5 nitrogen and oxygen atoms in total. The Labute approximate surface area is 139 Å². The lowest BCUT2D eigenvalue weighted by molar-refractivity contribution is -0.136. The Morgan fingerprint density at radius 2 is 1.70 bits per heavy atom. The molecule has 2 saturated carbocycles. The number of nitrogens with one attached hydrogen (secondary N) is 1. The highest BCUT2D eigenvalue weighted by Gasteiger charge is 2.39. The van der Waals surface area contributed by atoms with E-state index in [1.165, 1.54) is 25.7 Å². The topological polar surface area (TPSA) is 52.7 Å². The lowest BCUT2D eigenvalue weighted by Gasteiger charge is -2.40. The minimum absolute atomic E-state index is 0.0160.